The van der Waals surface area contributed by atoms with Crippen LogP contribution in [-0.2, 0) is 4.79 Å². The summed E-state index contributed by atoms with van der Waals surface area (Å²) in [7, 11) is 0. The fourth-order valence-corrected chi connectivity index (χ4v) is 4.08. The van der Waals surface area contributed by atoms with Gasteiger partial charge in [-0.2, -0.15) is 0 Å². The van der Waals surface area contributed by atoms with Crippen LogP contribution in [0.5, 0.6) is 0 Å². The minimum atomic E-state index is -0.592. The summed E-state index contributed by atoms with van der Waals surface area (Å²) in [4.78, 5) is 32.2. The van der Waals surface area contributed by atoms with E-state index in [2.05, 4.69) is 46.4 Å². The minimum absolute atomic E-state index is 0.0544. The predicted octanol–water partition coefficient (Wildman–Crippen LogP) is 3.59. The molecule has 2 aliphatic rings. The van der Waals surface area contributed by atoms with E-state index in [-0.39, 0.29) is 11.9 Å². The number of urea groups is 1. The number of carbonyl (C=O) groups excluding carboxylic acids is 2. The van der Waals surface area contributed by atoms with Gasteiger partial charge in [0.2, 0.25) is 0 Å². The number of carbonyl (C=O) groups is 2. The van der Waals surface area contributed by atoms with Crippen molar-refractivity contribution in [1.82, 2.24) is 14.7 Å². The third kappa shape index (κ3) is 4.02. The molecule has 0 aliphatic carbocycles. The number of rotatable bonds is 7. The Balaban J connectivity index is 2.22. The molecule has 2 aliphatic heterocycles. The van der Waals surface area contributed by atoms with Crippen LogP contribution in [0.1, 0.15) is 67.2 Å². The van der Waals surface area contributed by atoms with Gasteiger partial charge in [-0.25, -0.2) is 4.79 Å². The number of nitrogens with zero attached hydrogens (tertiary/aromatic N) is 3. The van der Waals surface area contributed by atoms with Gasteiger partial charge in [-0.05, 0) is 44.4 Å². The lowest BCUT2D eigenvalue weighted by Crippen LogP contribution is -2.58. The van der Waals surface area contributed by atoms with Gasteiger partial charge in [-0.3, -0.25) is 9.69 Å². The van der Waals surface area contributed by atoms with Crippen molar-refractivity contribution in [2.75, 3.05) is 26.2 Å². The first kappa shape index (κ1) is 20.2. The molecule has 2 rings (SSSR count). The van der Waals surface area contributed by atoms with Crippen molar-refractivity contribution in [3.63, 3.8) is 0 Å². The van der Waals surface area contributed by atoms with Crippen molar-refractivity contribution in [2.45, 2.75) is 78.8 Å². The molecule has 1 spiro atoms. The van der Waals surface area contributed by atoms with Crippen LogP contribution in [-0.4, -0.2) is 64.4 Å². The normalized spacial score (nSPS) is 22.7. The quantitative estimate of drug-likeness (QED) is 0.659. The van der Waals surface area contributed by atoms with E-state index in [9.17, 15) is 9.59 Å². The van der Waals surface area contributed by atoms with E-state index in [4.69, 9.17) is 0 Å². The van der Waals surface area contributed by atoms with E-state index in [1.807, 2.05) is 4.90 Å². The lowest BCUT2D eigenvalue weighted by atomic mass is 9.84. The van der Waals surface area contributed by atoms with E-state index in [1.165, 1.54) is 4.90 Å². The van der Waals surface area contributed by atoms with Crippen LogP contribution in [0.4, 0.5) is 4.79 Å². The maximum Gasteiger partial charge on any atom is 0.327 e. The van der Waals surface area contributed by atoms with Crippen LogP contribution >= 0.6 is 0 Å². The maximum absolute atomic E-state index is 13.3. The third-order valence-corrected chi connectivity index (χ3v) is 5.94. The first-order valence-corrected chi connectivity index (χ1v) is 10.1. The van der Waals surface area contributed by atoms with Crippen LogP contribution in [0.25, 0.3) is 0 Å². The van der Waals surface area contributed by atoms with Gasteiger partial charge in [0.1, 0.15) is 5.54 Å². The van der Waals surface area contributed by atoms with Crippen LogP contribution in [0.3, 0.4) is 0 Å². The molecule has 2 saturated heterocycles. The van der Waals surface area contributed by atoms with E-state index < -0.39 is 5.54 Å². The second-order valence-corrected chi connectivity index (χ2v) is 8.75. The Morgan fingerprint density at radius 2 is 1.60 bits per heavy atom. The molecule has 0 unspecified atom stereocenters. The number of hydrogen-bond donors (Lipinski definition) is 0. The van der Waals surface area contributed by atoms with Crippen molar-refractivity contribution in [3.05, 3.63) is 0 Å². The molecule has 5 heteroatoms. The lowest BCUT2D eigenvalue weighted by molar-refractivity contribution is -0.136. The van der Waals surface area contributed by atoms with E-state index in [1.54, 1.807) is 0 Å². The highest BCUT2D eigenvalue weighted by atomic mass is 16.2. The lowest BCUT2D eigenvalue weighted by Gasteiger charge is -2.44. The zero-order valence-corrected chi connectivity index (χ0v) is 17.0. The molecule has 3 amide bonds. The fourth-order valence-electron chi connectivity index (χ4n) is 4.08. The first-order chi connectivity index (χ1) is 11.7. The molecule has 0 aromatic heterocycles. The van der Waals surface area contributed by atoms with Crippen LogP contribution in [0.2, 0.25) is 0 Å². The topological polar surface area (TPSA) is 43.9 Å². The Morgan fingerprint density at radius 3 is 2.08 bits per heavy atom. The highest BCUT2D eigenvalue weighted by Crippen LogP contribution is 2.38. The van der Waals surface area contributed by atoms with E-state index >= 15 is 0 Å². The summed E-state index contributed by atoms with van der Waals surface area (Å²) in [6.45, 7) is 16.0. The fraction of sp³-hybridized carbons (Fsp3) is 0.900. The summed E-state index contributed by atoms with van der Waals surface area (Å²) in [5, 5.41) is 0. The molecule has 25 heavy (non-hydrogen) atoms. The minimum Gasteiger partial charge on any atom is -0.309 e. The second-order valence-electron chi connectivity index (χ2n) is 8.75. The van der Waals surface area contributed by atoms with Crippen molar-refractivity contribution in [2.24, 2.45) is 11.8 Å². The van der Waals surface area contributed by atoms with Crippen molar-refractivity contribution in [1.29, 1.82) is 0 Å². The van der Waals surface area contributed by atoms with Gasteiger partial charge in [-0.1, -0.05) is 34.6 Å². The molecular weight excluding hydrogens is 314 g/mol. The first-order valence-electron chi connectivity index (χ1n) is 10.1. The maximum atomic E-state index is 13.3. The standard InChI is InChI=1S/C20H37N3O2/c1-7-17(6)21-12-9-20(10-13-21)18(24)22(14-16(4)5)19(25)23(20)11-8-15(2)3/h15-17H,7-14H2,1-6H3/t17-/m1/s1. The highest BCUT2D eigenvalue weighted by molar-refractivity contribution is 6.07. The number of likely N-dealkylation sites (tertiary alicyclic amines) is 1. The van der Waals surface area contributed by atoms with Crippen LogP contribution in [0, 0.1) is 11.8 Å². The molecule has 5 nitrogen and oxygen atoms in total. The Hall–Kier alpha value is -1.10. The Labute approximate surface area is 153 Å². The van der Waals surface area contributed by atoms with Crippen molar-refractivity contribution < 1.29 is 9.59 Å². The molecule has 1 atom stereocenters. The van der Waals surface area contributed by atoms with E-state index in [0.29, 0.717) is 31.0 Å². The number of imide groups is 1. The summed E-state index contributed by atoms with van der Waals surface area (Å²) in [5.74, 6) is 0.883. The van der Waals surface area contributed by atoms with Gasteiger partial charge in [0.15, 0.2) is 0 Å². The van der Waals surface area contributed by atoms with Gasteiger partial charge in [0.05, 0.1) is 0 Å². The molecular formula is C20H37N3O2. The van der Waals surface area contributed by atoms with E-state index in [0.717, 1.165) is 38.8 Å². The summed E-state index contributed by atoms with van der Waals surface area (Å²) < 4.78 is 0. The molecule has 2 heterocycles. The average Bonchev–Trinajstić information content (AvgIpc) is 2.74. The van der Waals surface area contributed by atoms with Gasteiger partial charge >= 0.3 is 6.03 Å². The molecule has 0 radical (unpaired) electrons. The molecule has 144 valence electrons. The van der Waals surface area contributed by atoms with Crippen LogP contribution in [0.15, 0.2) is 0 Å². The summed E-state index contributed by atoms with van der Waals surface area (Å²) in [6, 6.07) is 0.483. The van der Waals surface area contributed by atoms with Crippen molar-refractivity contribution >= 4 is 11.9 Å². The van der Waals surface area contributed by atoms with Gasteiger partial charge in [0, 0.05) is 32.2 Å². The Morgan fingerprint density at radius 1 is 1.00 bits per heavy atom. The van der Waals surface area contributed by atoms with Crippen LogP contribution < -0.4 is 0 Å². The van der Waals surface area contributed by atoms with Gasteiger partial charge in [-0.15, -0.1) is 0 Å². The molecule has 2 fully saturated rings. The van der Waals surface area contributed by atoms with Crippen molar-refractivity contribution in [3.8, 4) is 0 Å². The molecule has 0 saturated carbocycles. The predicted molar refractivity (Wildman–Crippen MR) is 101 cm³/mol. The SMILES string of the molecule is CC[C@@H](C)N1CCC2(CC1)C(=O)N(CC(C)C)C(=O)N2CCC(C)C. The molecule has 0 aromatic carbocycles. The zero-order chi connectivity index (χ0) is 18.8. The Kier molecular flexibility index (Phi) is 6.52. The summed E-state index contributed by atoms with van der Waals surface area (Å²) in [6.07, 6.45) is 3.62. The summed E-state index contributed by atoms with van der Waals surface area (Å²) in [5.41, 5.74) is -0.592. The molecule has 0 N–H and O–H groups in total. The molecule has 0 bridgehead atoms. The Bertz CT molecular complexity index is 481. The van der Waals surface area contributed by atoms with Gasteiger partial charge < -0.3 is 9.80 Å². The largest absolute Gasteiger partial charge is 0.327 e. The molecule has 0 aromatic rings. The zero-order valence-electron chi connectivity index (χ0n) is 17.0. The second kappa shape index (κ2) is 8.07. The summed E-state index contributed by atoms with van der Waals surface area (Å²) >= 11 is 0. The number of hydrogen-bond acceptors (Lipinski definition) is 3. The number of amides is 3. The smallest absolute Gasteiger partial charge is 0.309 e. The number of piperidine rings is 1. The third-order valence-electron chi connectivity index (χ3n) is 5.94. The average molecular weight is 352 g/mol. The highest BCUT2D eigenvalue weighted by Gasteiger charge is 2.57. The monoisotopic (exact) mass is 351 g/mol. The van der Waals surface area contributed by atoms with Gasteiger partial charge in [0.25, 0.3) is 5.91 Å².